The highest BCUT2D eigenvalue weighted by Gasteiger charge is 2.62. The largest absolute Gasteiger partial charge is 0.487 e. The number of benzene rings is 1. The first-order valence-corrected chi connectivity index (χ1v) is 17.2. The number of hydrogen-bond acceptors (Lipinski definition) is 9. The van der Waals surface area contributed by atoms with Crippen LogP contribution in [0.3, 0.4) is 0 Å². The third kappa shape index (κ3) is 4.56. The molecular weight excluding hydrogens is 652 g/mol. The summed E-state index contributed by atoms with van der Waals surface area (Å²) in [7, 11) is 0. The number of nitrogens with zero attached hydrogens (tertiary/aromatic N) is 5. The molecule has 7 aliphatic rings. The van der Waals surface area contributed by atoms with Crippen molar-refractivity contribution in [1.82, 2.24) is 25.2 Å². The summed E-state index contributed by atoms with van der Waals surface area (Å²) in [4.78, 5) is 17.2. The van der Waals surface area contributed by atoms with E-state index < -0.39 is 63.5 Å². The Kier molecular flexibility index (Phi) is 6.18. The van der Waals surface area contributed by atoms with Gasteiger partial charge >= 0.3 is 12.2 Å². The number of halogens is 6. The summed E-state index contributed by atoms with van der Waals surface area (Å²) >= 11 is 0. The van der Waals surface area contributed by atoms with Gasteiger partial charge in [-0.3, -0.25) is 4.90 Å². The first-order chi connectivity index (χ1) is 23.4. The van der Waals surface area contributed by atoms with Crippen LogP contribution >= 0.6 is 0 Å². The molecule has 2 saturated carbocycles. The second-order valence-electron chi connectivity index (χ2n) is 15.5. The van der Waals surface area contributed by atoms with Crippen LogP contribution in [0, 0.1) is 17.0 Å². The number of nitrogens with two attached hydrogens (primary N) is 1. The molecular formula is C34H35F6N7O2. The van der Waals surface area contributed by atoms with Gasteiger partial charge in [0.05, 0.1) is 33.8 Å². The average Bonchev–Trinajstić information content (AvgIpc) is 3.94. The van der Waals surface area contributed by atoms with E-state index in [-0.39, 0.29) is 65.4 Å². The van der Waals surface area contributed by atoms with E-state index in [0.29, 0.717) is 32.4 Å². The van der Waals surface area contributed by atoms with Crippen LogP contribution in [0.25, 0.3) is 22.2 Å². The highest BCUT2D eigenvalue weighted by molar-refractivity contribution is 6.00. The van der Waals surface area contributed by atoms with Gasteiger partial charge in [-0.25, -0.2) is 18.2 Å². The number of anilines is 2. The van der Waals surface area contributed by atoms with Crippen molar-refractivity contribution in [1.29, 1.82) is 0 Å². The van der Waals surface area contributed by atoms with Crippen molar-refractivity contribution in [3.8, 4) is 23.0 Å². The Bertz CT molecular complexity index is 1920. The monoisotopic (exact) mass is 687 g/mol. The Balaban J connectivity index is 1.16. The second kappa shape index (κ2) is 10.0. The lowest BCUT2D eigenvalue weighted by atomic mass is 9.89. The number of nitrogen functional groups attached to an aromatic ring is 1. The lowest BCUT2D eigenvalue weighted by Crippen LogP contribution is -2.60. The van der Waals surface area contributed by atoms with Crippen molar-refractivity contribution < 1.29 is 35.8 Å². The molecule has 15 heteroatoms. The number of ether oxygens (including phenoxy) is 2. The number of nitrogens with one attached hydrogen (secondary N) is 1. The van der Waals surface area contributed by atoms with Crippen LogP contribution in [0.5, 0.6) is 11.8 Å². The maximum Gasteiger partial charge on any atom is 0.418 e. The maximum absolute atomic E-state index is 17.0. The van der Waals surface area contributed by atoms with Crippen LogP contribution in [-0.2, 0) is 6.18 Å². The Hall–Kier alpha value is -3.59. The molecule has 260 valence electrons. The van der Waals surface area contributed by atoms with Gasteiger partial charge in [-0.05, 0) is 67.9 Å². The Morgan fingerprint density at radius 3 is 2.63 bits per heavy atom. The summed E-state index contributed by atoms with van der Waals surface area (Å²) in [5, 5.41) is 3.49. The molecule has 10 rings (SSSR count). The van der Waals surface area contributed by atoms with Gasteiger partial charge in [0.25, 0.3) is 0 Å². The molecule has 1 aromatic carbocycles. The zero-order chi connectivity index (χ0) is 33.6. The Morgan fingerprint density at radius 1 is 1.06 bits per heavy atom. The molecule has 2 bridgehead atoms. The Morgan fingerprint density at radius 2 is 1.88 bits per heavy atom. The van der Waals surface area contributed by atoms with E-state index in [1.54, 1.807) is 0 Å². The van der Waals surface area contributed by atoms with Crippen molar-refractivity contribution >= 4 is 22.5 Å². The summed E-state index contributed by atoms with van der Waals surface area (Å²) in [6, 6.07) is 0.699. The minimum atomic E-state index is -4.98. The number of aromatic nitrogens is 3. The molecule has 6 fully saturated rings. The maximum atomic E-state index is 17.0. The number of fused-ring (bicyclic) bond motifs is 6. The topological polar surface area (TPSA) is 102 Å². The summed E-state index contributed by atoms with van der Waals surface area (Å²) in [5.74, 6) is -3.61. The second-order valence-corrected chi connectivity index (χ2v) is 15.5. The zero-order valence-corrected chi connectivity index (χ0v) is 26.6. The number of piperazine rings is 1. The number of alkyl halides is 4. The molecule has 7 heterocycles. The molecule has 3 N–H and O–H groups in total. The third-order valence-electron chi connectivity index (χ3n) is 12.1. The molecule has 4 saturated heterocycles. The fraction of sp³-hybridized carbons (Fsp3) is 0.618. The van der Waals surface area contributed by atoms with E-state index in [9.17, 15) is 17.6 Å². The average molecular weight is 688 g/mol. The number of pyridine rings is 1. The summed E-state index contributed by atoms with van der Waals surface area (Å²) in [6.45, 7) is 1.63. The van der Waals surface area contributed by atoms with Crippen LogP contribution in [-0.4, -0.2) is 82.5 Å². The van der Waals surface area contributed by atoms with Gasteiger partial charge in [0, 0.05) is 38.1 Å². The number of hydrogen-bond donors (Lipinski definition) is 2. The van der Waals surface area contributed by atoms with Crippen LogP contribution in [0.15, 0.2) is 6.07 Å². The van der Waals surface area contributed by atoms with E-state index in [2.05, 4.69) is 20.2 Å². The van der Waals surface area contributed by atoms with E-state index >= 15 is 8.78 Å². The van der Waals surface area contributed by atoms with Crippen LogP contribution in [0.4, 0.5) is 38.0 Å². The van der Waals surface area contributed by atoms with E-state index in [1.165, 1.54) is 0 Å². The first-order valence-electron chi connectivity index (χ1n) is 17.2. The van der Waals surface area contributed by atoms with Gasteiger partial charge in [-0.1, -0.05) is 0 Å². The Labute approximate surface area is 277 Å². The van der Waals surface area contributed by atoms with Crippen molar-refractivity contribution in [2.45, 2.75) is 93.3 Å². The summed E-state index contributed by atoms with van der Waals surface area (Å²) in [5.41, 5.74) is 1.85. The minimum Gasteiger partial charge on any atom is -0.487 e. The fourth-order valence-electron chi connectivity index (χ4n) is 9.66. The molecule has 0 amide bonds. The quantitative estimate of drug-likeness (QED) is 0.337. The van der Waals surface area contributed by atoms with Crippen molar-refractivity contribution in [2.24, 2.45) is 5.41 Å². The number of rotatable bonds is 5. The summed E-state index contributed by atoms with van der Waals surface area (Å²) < 4.78 is 105. The molecule has 0 radical (unpaired) electrons. The predicted molar refractivity (Wildman–Crippen MR) is 166 cm³/mol. The first kappa shape index (κ1) is 30.3. The molecule has 2 aromatic heterocycles. The molecule has 3 aromatic rings. The smallest absolute Gasteiger partial charge is 0.418 e. The van der Waals surface area contributed by atoms with Crippen LogP contribution in [0.2, 0.25) is 0 Å². The normalized spacial score (nSPS) is 31.2. The molecule has 3 unspecified atom stereocenters. The zero-order valence-electron chi connectivity index (χ0n) is 26.6. The van der Waals surface area contributed by atoms with Gasteiger partial charge in [-0.2, -0.15) is 23.1 Å². The van der Waals surface area contributed by atoms with Crippen LogP contribution < -0.4 is 25.4 Å². The van der Waals surface area contributed by atoms with E-state index in [4.69, 9.17) is 20.2 Å². The minimum absolute atomic E-state index is 0.0180. The fourth-order valence-corrected chi connectivity index (χ4v) is 9.66. The van der Waals surface area contributed by atoms with Crippen molar-refractivity contribution in [2.75, 3.05) is 43.5 Å². The third-order valence-corrected chi connectivity index (χ3v) is 12.1. The van der Waals surface area contributed by atoms with E-state index in [1.807, 2.05) is 4.90 Å². The van der Waals surface area contributed by atoms with E-state index in [0.717, 1.165) is 44.7 Å². The molecule has 9 nitrogen and oxygen atoms in total. The van der Waals surface area contributed by atoms with Gasteiger partial charge in [0.1, 0.15) is 36.5 Å². The molecule has 5 atom stereocenters. The van der Waals surface area contributed by atoms with Crippen molar-refractivity contribution in [3.05, 3.63) is 28.8 Å². The van der Waals surface area contributed by atoms with Crippen LogP contribution in [0.1, 0.15) is 68.4 Å². The highest BCUT2D eigenvalue weighted by atomic mass is 19.4. The molecule has 2 aliphatic carbocycles. The van der Waals surface area contributed by atoms with Gasteiger partial charge in [0.15, 0.2) is 17.4 Å². The highest BCUT2D eigenvalue weighted by Crippen LogP contribution is 2.61. The summed E-state index contributed by atoms with van der Waals surface area (Å²) in [6.07, 6.45) is -0.0250. The van der Waals surface area contributed by atoms with Gasteiger partial charge in [-0.15, -0.1) is 0 Å². The molecule has 49 heavy (non-hydrogen) atoms. The van der Waals surface area contributed by atoms with Crippen molar-refractivity contribution in [3.63, 3.8) is 0 Å². The predicted octanol–water partition coefficient (Wildman–Crippen LogP) is 5.50. The van der Waals surface area contributed by atoms with Gasteiger partial charge < -0.3 is 25.4 Å². The molecule has 5 aliphatic heterocycles. The lowest BCUT2D eigenvalue weighted by Gasteiger charge is -2.40. The lowest BCUT2D eigenvalue weighted by molar-refractivity contribution is -0.137. The molecule has 1 spiro atoms. The standard InChI is InChI=1S/C34H35F6N7O2/c35-16-8-33(12-32(5-6-32)13-46(33)9-16)14-49-31-44-28-23-29(48-11-20-19-4-3-17(42-19)10-47(20)30(23)45-31)26(37)22(25(28)36)27-24(34(38,39)40)18(15-1-2-15)7-21(41)43-27/h7,15-17,19-20,42H,1-6,8-14H2,(H2,41,43)/t16-,17?,19?,20?,33-/m1/s1. The SMILES string of the molecule is Nc1cc(C2CC2)c(C(F)(F)F)c(-c2c(F)c3c4c(nc(OC[C@]56C[C@@H](F)CN5CC5(CC5)C6)nc4c2F)N2CC4CCC(N4)C2CO3)n1. The van der Waals surface area contributed by atoms with Gasteiger partial charge in [0.2, 0.25) is 0 Å².